The van der Waals surface area contributed by atoms with Gasteiger partial charge < -0.3 is 23.7 Å². The van der Waals surface area contributed by atoms with Crippen molar-refractivity contribution < 1.29 is 23.7 Å². The molecule has 0 unspecified atom stereocenters. The summed E-state index contributed by atoms with van der Waals surface area (Å²) in [4.78, 5) is 0. The lowest BCUT2D eigenvalue weighted by molar-refractivity contribution is -0.222. The van der Waals surface area contributed by atoms with E-state index in [0.717, 1.165) is 36.0 Å². The predicted molar refractivity (Wildman–Crippen MR) is 103 cm³/mol. The summed E-state index contributed by atoms with van der Waals surface area (Å²) >= 11 is 0. The number of benzene rings is 2. The molecule has 2 aromatic rings. The average molecular weight is 372 g/mol. The van der Waals surface area contributed by atoms with E-state index in [1.807, 2.05) is 6.07 Å². The molecule has 2 fully saturated rings. The Morgan fingerprint density at radius 3 is 2.74 bits per heavy atom. The molecule has 5 nitrogen and oxygen atoms in total. The molecule has 2 aliphatic heterocycles. The number of unbranched alkanes of at least 4 members (excludes halogenated alkanes) is 1. The van der Waals surface area contributed by atoms with E-state index in [9.17, 15) is 0 Å². The first kappa shape index (κ1) is 18.7. The minimum absolute atomic E-state index is 0.0265. The zero-order valence-corrected chi connectivity index (χ0v) is 16.1. The average Bonchev–Trinajstić information content (AvgIpc) is 3.07. The van der Waals surface area contributed by atoms with Crippen molar-refractivity contribution >= 4 is 10.8 Å². The number of rotatable bonds is 7. The van der Waals surface area contributed by atoms with Gasteiger partial charge in [0.15, 0.2) is 6.29 Å². The first-order valence-electron chi connectivity index (χ1n) is 9.85. The Hall–Kier alpha value is -1.66. The van der Waals surface area contributed by atoms with E-state index >= 15 is 0 Å². The second kappa shape index (κ2) is 8.57. The Bertz CT molecular complexity index is 761. The van der Waals surface area contributed by atoms with Crippen LogP contribution in [-0.2, 0) is 25.6 Å². The fourth-order valence-electron chi connectivity index (χ4n) is 3.87. The van der Waals surface area contributed by atoms with Crippen molar-refractivity contribution in [2.45, 2.75) is 57.4 Å². The molecule has 2 aliphatic rings. The lowest BCUT2D eigenvalue weighted by Crippen LogP contribution is -2.42. The maximum absolute atomic E-state index is 6.31. The largest absolute Gasteiger partial charge is 0.497 e. The Balaban J connectivity index is 1.47. The highest BCUT2D eigenvalue weighted by Gasteiger charge is 2.48. The van der Waals surface area contributed by atoms with Crippen molar-refractivity contribution in [1.29, 1.82) is 0 Å². The van der Waals surface area contributed by atoms with Crippen LogP contribution in [0.4, 0.5) is 0 Å². The first-order valence-corrected chi connectivity index (χ1v) is 9.85. The van der Waals surface area contributed by atoms with Gasteiger partial charge in [-0.05, 0) is 41.0 Å². The zero-order valence-electron chi connectivity index (χ0n) is 16.1. The summed E-state index contributed by atoms with van der Waals surface area (Å²) in [6.45, 7) is 3.89. The molecule has 0 amide bonds. The van der Waals surface area contributed by atoms with Gasteiger partial charge >= 0.3 is 0 Å². The third-order valence-electron chi connectivity index (χ3n) is 5.34. The van der Waals surface area contributed by atoms with Crippen LogP contribution >= 0.6 is 0 Å². The van der Waals surface area contributed by atoms with Gasteiger partial charge in [0.2, 0.25) is 0 Å². The van der Waals surface area contributed by atoms with Crippen molar-refractivity contribution in [1.82, 2.24) is 0 Å². The highest BCUT2D eigenvalue weighted by molar-refractivity contribution is 5.84. The molecule has 2 saturated heterocycles. The smallest absolute Gasteiger partial charge is 0.186 e. The first-order chi connectivity index (χ1) is 13.3. The quantitative estimate of drug-likeness (QED) is 0.733. The van der Waals surface area contributed by atoms with E-state index in [1.165, 1.54) is 5.39 Å². The summed E-state index contributed by atoms with van der Waals surface area (Å²) in [5, 5.41) is 2.34. The lowest BCUT2D eigenvalue weighted by atomic mass is 10.0. The van der Waals surface area contributed by atoms with Gasteiger partial charge in [0, 0.05) is 0 Å². The van der Waals surface area contributed by atoms with Gasteiger partial charge in [-0.3, -0.25) is 0 Å². The Kier molecular flexibility index (Phi) is 5.93. The van der Waals surface area contributed by atoms with Gasteiger partial charge in [-0.15, -0.1) is 0 Å². The minimum Gasteiger partial charge on any atom is -0.497 e. The van der Waals surface area contributed by atoms with Crippen molar-refractivity contribution in [3.05, 3.63) is 42.0 Å². The van der Waals surface area contributed by atoms with Crippen LogP contribution in [0.5, 0.6) is 5.75 Å². The highest BCUT2D eigenvalue weighted by Crippen LogP contribution is 2.33. The fraction of sp³-hybridized carbons (Fsp3) is 0.545. The molecule has 0 spiro atoms. The maximum Gasteiger partial charge on any atom is 0.186 e. The Morgan fingerprint density at radius 1 is 1.04 bits per heavy atom. The van der Waals surface area contributed by atoms with Crippen LogP contribution in [-0.4, -0.2) is 44.9 Å². The van der Waals surface area contributed by atoms with Crippen LogP contribution in [0.1, 0.15) is 31.7 Å². The molecular formula is C22H28O5. The highest BCUT2D eigenvalue weighted by atomic mass is 16.7. The van der Waals surface area contributed by atoms with E-state index in [1.54, 1.807) is 7.11 Å². The molecule has 0 N–H and O–H groups in total. The predicted octanol–water partition coefficient (Wildman–Crippen LogP) is 4.06. The molecule has 4 atom stereocenters. The summed E-state index contributed by atoms with van der Waals surface area (Å²) < 4.78 is 29.4. The van der Waals surface area contributed by atoms with Crippen LogP contribution in [0, 0.1) is 0 Å². The van der Waals surface area contributed by atoms with Crippen LogP contribution in [0.25, 0.3) is 10.8 Å². The van der Waals surface area contributed by atoms with Gasteiger partial charge in [-0.2, -0.15) is 0 Å². The minimum atomic E-state index is -0.300. The van der Waals surface area contributed by atoms with Gasteiger partial charge in [0.05, 0.1) is 33.0 Å². The number of hydrogen-bond acceptors (Lipinski definition) is 5. The molecule has 0 bridgehead atoms. The second-order valence-electron chi connectivity index (χ2n) is 7.21. The van der Waals surface area contributed by atoms with E-state index in [0.29, 0.717) is 19.8 Å². The molecule has 146 valence electrons. The number of methoxy groups -OCH3 is 1. The molecule has 0 saturated carbocycles. The monoisotopic (exact) mass is 372 g/mol. The summed E-state index contributed by atoms with van der Waals surface area (Å²) in [7, 11) is 1.69. The number of fused-ring (bicyclic) bond motifs is 2. The third-order valence-corrected chi connectivity index (χ3v) is 5.34. The van der Waals surface area contributed by atoms with Gasteiger partial charge in [0.1, 0.15) is 18.0 Å². The molecule has 0 aromatic heterocycles. The molecular weight excluding hydrogens is 344 g/mol. The molecule has 5 heteroatoms. The van der Waals surface area contributed by atoms with Crippen molar-refractivity contribution in [2.75, 3.05) is 20.3 Å². The summed E-state index contributed by atoms with van der Waals surface area (Å²) in [6, 6.07) is 12.5. The summed E-state index contributed by atoms with van der Waals surface area (Å²) in [5.41, 5.74) is 1.13. The zero-order chi connectivity index (χ0) is 18.6. The summed E-state index contributed by atoms with van der Waals surface area (Å²) in [5.74, 6) is 0.861. The van der Waals surface area contributed by atoms with Crippen LogP contribution in [0.15, 0.2) is 36.4 Å². The Labute approximate surface area is 160 Å². The third kappa shape index (κ3) is 4.11. The SMILES string of the molecule is CCCC[C@H]1O[C@@H]2OCCO[C@@H]2[C@H]1OCc1ccc2ccc(OC)cc2c1. The Morgan fingerprint density at radius 2 is 1.89 bits per heavy atom. The van der Waals surface area contributed by atoms with E-state index in [4.69, 9.17) is 23.7 Å². The molecule has 0 radical (unpaired) electrons. The van der Waals surface area contributed by atoms with Gasteiger partial charge in [-0.1, -0.05) is 38.0 Å². The number of hydrogen-bond donors (Lipinski definition) is 0. The van der Waals surface area contributed by atoms with Crippen LogP contribution in [0.2, 0.25) is 0 Å². The van der Waals surface area contributed by atoms with E-state index in [-0.39, 0.29) is 24.6 Å². The van der Waals surface area contributed by atoms with Gasteiger partial charge in [0.25, 0.3) is 0 Å². The fourth-order valence-corrected chi connectivity index (χ4v) is 3.87. The topological polar surface area (TPSA) is 46.2 Å². The second-order valence-corrected chi connectivity index (χ2v) is 7.21. The molecule has 0 aliphatic carbocycles. The lowest BCUT2D eigenvalue weighted by Gasteiger charge is -2.28. The van der Waals surface area contributed by atoms with Crippen molar-refractivity contribution in [3.8, 4) is 5.75 Å². The van der Waals surface area contributed by atoms with Crippen LogP contribution in [0.3, 0.4) is 0 Å². The van der Waals surface area contributed by atoms with Gasteiger partial charge in [-0.25, -0.2) is 0 Å². The molecule has 27 heavy (non-hydrogen) atoms. The van der Waals surface area contributed by atoms with Crippen molar-refractivity contribution in [3.63, 3.8) is 0 Å². The van der Waals surface area contributed by atoms with Crippen molar-refractivity contribution in [2.24, 2.45) is 0 Å². The van der Waals surface area contributed by atoms with E-state index in [2.05, 4.69) is 37.3 Å². The molecule has 2 heterocycles. The molecule has 2 aromatic carbocycles. The van der Waals surface area contributed by atoms with Crippen LogP contribution < -0.4 is 4.74 Å². The molecule has 4 rings (SSSR count). The summed E-state index contributed by atoms with van der Waals surface area (Å²) in [6.07, 6.45) is 2.71. The van der Waals surface area contributed by atoms with E-state index < -0.39 is 0 Å². The standard InChI is InChI=1S/C22H28O5/c1-3-4-5-19-20(21-22(27-19)25-11-10-24-21)26-14-15-6-7-16-8-9-18(23-2)13-17(16)12-15/h6-9,12-13,19-22H,3-5,10-11,14H2,1-2H3/t19-,20+,21-,22+/m1/s1. The maximum atomic E-state index is 6.31. The number of ether oxygens (including phenoxy) is 5. The normalized spacial score (nSPS) is 27.6.